The molecule has 1 atom stereocenters. The van der Waals surface area contributed by atoms with E-state index in [4.69, 9.17) is 0 Å². The van der Waals surface area contributed by atoms with Crippen LogP contribution >= 0.6 is 15.9 Å². The summed E-state index contributed by atoms with van der Waals surface area (Å²) in [5.74, 6) is 1.52. The van der Waals surface area contributed by atoms with Gasteiger partial charge in [-0.05, 0) is 60.0 Å². The number of rotatable bonds is 3. The third-order valence-corrected chi connectivity index (χ3v) is 4.44. The minimum Gasteiger partial charge on any atom is -0.356 e. The van der Waals surface area contributed by atoms with Crippen molar-refractivity contribution in [2.24, 2.45) is 5.92 Å². The Morgan fingerprint density at radius 3 is 2.96 bits per heavy atom. The highest BCUT2D eigenvalue weighted by Crippen LogP contribution is 2.23. The van der Waals surface area contributed by atoms with Gasteiger partial charge in [-0.3, -0.25) is 4.79 Å². The maximum Gasteiger partial charge on any atom is 0.230 e. The number of nitrogens with one attached hydrogen (secondary N) is 1. The number of hydrogen-bond donors (Lipinski definition) is 1. The lowest BCUT2D eigenvalue weighted by Gasteiger charge is -2.32. The monoisotopic (exact) mass is 374 g/mol. The maximum absolute atomic E-state index is 12.5. The number of carbonyl (C=O) groups excluding carboxylic acids is 1. The summed E-state index contributed by atoms with van der Waals surface area (Å²) in [4.78, 5) is 23.4. The van der Waals surface area contributed by atoms with Crippen LogP contribution < -0.4 is 10.2 Å². The fourth-order valence-corrected chi connectivity index (χ4v) is 3.03. The first-order valence-electron chi connectivity index (χ1n) is 7.73. The molecule has 0 saturated carbocycles. The van der Waals surface area contributed by atoms with Crippen LogP contribution in [0.25, 0.3) is 0 Å². The van der Waals surface area contributed by atoms with Gasteiger partial charge in [0.25, 0.3) is 0 Å². The zero-order chi connectivity index (χ0) is 16.2. The molecule has 3 rings (SSSR count). The summed E-state index contributed by atoms with van der Waals surface area (Å²) < 4.78 is 0.957. The second kappa shape index (κ2) is 7.08. The van der Waals surface area contributed by atoms with E-state index in [9.17, 15) is 4.79 Å². The van der Waals surface area contributed by atoms with Crippen molar-refractivity contribution in [3.8, 4) is 0 Å². The lowest BCUT2D eigenvalue weighted by molar-refractivity contribution is -0.120. The topological polar surface area (TPSA) is 58.1 Å². The molecule has 3 heterocycles. The predicted octanol–water partition coefficient (Wildman–Crippen LogP) is 3.40. The summed E-state index contributed by atoms with van der Waals surface area (Å²) in [5.41, 5.74) is 0.895. The Morgan fingerprint density at radius 2 is 2.22 bits per heavy atom. The van der Waals surface area contributed by atoms with Gasteiger partial charge in [0.2, 0.25) is 5.91 Å². The largest absolute Gasteiger partial charge is 0.356 e. The van der Waals surface area contributed by atoms with Crippen molar-refractivity contribution < 1.29 is 4.79 Å². The number of piperidine rings is 1. The zero-order valence-corrected chi connectivity index (χ0v) is 14.6. The summed E-state index contributed by atoms with van der Waals surface area (Å²) in [5, 5.41) is 2.93. The first kappa shape index (κ1) is 15.9. The smallest absolute Gasteiger partial charge is 0.230 e. The molecule has 1 N–H and O–H groups in total. The Balaban J connectivity index is 1.65. The van der Waals surface area contributed by atoms with Crippen molar-refractivity contribution in [1.29, 1.82) is 0 Å². The van der Waals surface area contributed by atoms with Gasteiger partial charge in [-0.1, -0.05) is 6.07 Å². The molecule has 2 aromatic heterocycles. The zero-order valence-electron chi connectivity index (χ0n) is 13.0. The van der Waals surface area contributed by atoms with E-state index < -0.39 is 0 Å². The summed E-state index contributed by atoms with van der Waals surface area (Å²) in [6.07, 6.45) is 3.66. The van der Waals surface area contributed by atoms with E-state index >= 15 is 0 Å². The molecule has 1 aliphatic rings. The maximum atomic E-state index is 12.5. The average Bonchev–Trinajstić information content (AvgIpc) is 2.56. The fraction of sp³-hybridized carbons (Fsp3) is 0.353. The molecular formula is C17H19BrN4O. The van der Waals surface area contributed by atoms with Crippen LogP contribution in [0.2, 0.25) is 0 Å². The Labute approximate surface area is 144 Å². The van der Waals surface area contributed by atoms with E-state index in [2.05, 4.69) is 36.1 Å². The normalized spacial score (nSPS) is 17.8. The highest BCUT2D eigenvalue weighted by Gasteiger charge is 2.26. The van der Waals surface area contributed by atoms with E-state index in [1.165, 1.54) is 0 Å². The summed E-state index contributed by atoms with van der Waals surface area (Å²) in [7, 11) is 0. The van der Waals surface area contributed by atoms with Crippen LogP contribution in [0.15, 0.2) is 41.0 Å². The average molecular weight is 375 g/mol. The first-order valence-corrected chi connectivity index (χ1v) is 8.52. The molecule has 1 saturated heterocycles. The van der Waals surface area contributed by atoms with Crippen LogP contribution in [0.1, 0.15) is 18.5 Å². The number of amides is 1. The lowest BCUT2D eigenvalue weighted by Crippen LogP contribution is -2.41. The Hall–Kier alpha value is -1.95. The quantitative estimate of drug-likeness (QED) is 0.894. The molecule has 2 aromatic rings. The van der Waals surface area contributed by atoms with Crippen molar-refractivity contribution in [2.75, 3.05) is 23.3 Å². The molecule has 1 fully saturated rings. The Bertz CT molecular complexity index is 689. The number of halogens is 1. The van der Waals surface area contributed by atoms with E-state index in [1.54, 1.807) is 6.20 Å². The van der Waals surface area contributed by atoms with E-state index in [0.717, 1.165) is 35.4 Å². The highest BCUT2D eigenvalue weighted by molar-refractivity contribution is 9.10. The van der Waals surface area contributed by atoms with Crippen molar-refractivity contribution in [1.82, 2.24) is 9.97 Å². The van der Waals surface area contributed by atoms with Gasteiger partial charge >= 0.3 is 0 Å². The number of pyridine rings is 2. The second-order valence-electron chi connectivity index (χ2n) is 5.77. The number of aromatic nitrogens is 2. The number of nitrogens with zero attached hydrogens (tertiary/aromatic N) is 3. The molecule has 5 nitrogen and oxygen atoms in total. The minimum atomic E-state index is -0.0449. The van der Waals surface area contributed by atoms with Gasteiger partial charge in [-0.2, -0.15) is 0 Å². The predicted molar refractivity (Wildman–Crippen MR) is 94.5 cm³/mol. The molecule has 1 aliphatic heterocycles. The molecule has 120 valence electrons. The molecule has 6 heteroatoms. The van der Waals surface area contributed by atoms with Gasteiger partial charge < -0.3 is 10.2 Å². The minimum absolute atomic E-state index is 0.0323. The molecule has 1 amide bonds. The van der Waals surface area contributed by atoms with Gasteiger partial charge in [0.15, 0.2) is 0 Å². The highest BCUT2D eigenvalue weighted by atomic mass is 79.9. The third-order valence-electron chi connectivity index (χ3n) is 3.97. The number of anilines is 2. The summed E-state index contributed by atoms with van der Waals surface area (Å²) in [6.45, 7) is 3.53. The molecule has 1 unspecified atom stereocenters. The Morgan fingerprint density at radius 1 is 1.35 bits per heavy atom. The van der Waals surface area contributed by atoms with Gasteiger partial charge in [0.1, 0.15) is 11.6 Å². The van der Waals surface area contributed by atoms with Gasteiger partial charge in [0, 0.05) is 29.5 Å². The van der Waals surface area contributed by atoms with Crippen molar-refractivity contribution in [3.63, 3.8) is 0 Å². The second-order valence-corrected chi connectivity index (χ2v) is 6.69. The summed E-state index contributed by atoms with van der Waals surface area (Å²) in [6, 6.07) is 9.59. The van der Waals surface area contributed by atoms with Crippen LogP contribution in [0, 0.1) is 12.8 Å². The first-order chi connectivity index (χ1) is 11.1. The molecule has 0 spiro atoms. The number of carbonyl (C=O) groups is 1. The molecule has 0 bridgehead atoms. The molecule has 0 radical (unpaired) electrons. The number of hydrogen-bond acceptors (Lipinski definition) is 4. The fourth-order valence-electron chi connectivity index (χ4n) is 2.80. The van der Waals surface area contributed by atoms with Crippen LogP contribution in [-0.2, 0) is 4.79 Å². The van der Waals surface area contributed by atoms with Crippen LogP contribution in [-0.4, -0.2) is 29.0 Å². The van der Waals surface area contributed by atoms with E-state index in [-0.39, 0.29) is 11.8 Å². The molecular weight excluding hydrogens is 356 g/mol. The van der Waals surface area contributed by atoms with Crippen molar-refractivity contribution in [3.05, 3.63) is 46.7 Å². The van der Waals surface area contributed by atoms with Crippen molar-refractivity contribution >= 4 is 33.5 Å². The third kappa shape index (κ3) is 4.07. The van der Waals surface area contributed by atoms with E-state index in [0.29, 0.717) is 12.4 Å². The van der Waals surface area contributed by atoms with Crippen LogP contribution in [0.3, 0.4) is 0 Å². The van der Waals surface area contributed by atoms with Crippen molar-refractivity contribution in [2.45, 2.75) is 19.8 Å². The standard InChI is InChI=1S/C17H19BrN4O/c1-12-4-2-6-15(20-12)21-17(23)13-5-3-9-22(11-13)16-8-7-14(18)10-19-16/h2,4,6-8,10,13H,3,5,9,11H2,1H3,(H,20,21,23). The van der Waals surface area contributed by atoms with Gasteiger partial charge in [-0.25, -0.2) is 9.97 Å². The summed E-state index contributed by atoms with van der Waals surface area (Å²) >= 11 is 3.40. The van der Waals surface area contributed by atoms with Gasteiger partial charge in [-0.15, -0.1) is 0 Å². The van der Waals surface area contributed by atoms with Gasteiger partial charge in [0.05, 0.1) is 5.92 Å². The molecule has 0 aromatic carbocycles. The number of aryl methyl sites for hydroxylation is 1. The molecule has 0 aliphatic carbocycles. The van der Waals surface area contributed by atoms with Crippen LogP contribution in [0.4, 0.5) is 11.6 Å². The SMILES string of the molecule is Cc1cccc(NC(=O)C2CCCN(c3ccc(Br)cn3)C2)n1. The van der Waals surface area contributed by atoms with E-state index in [1.807, 2.05) is 37.3 Å². The molecule has 23 heavy (non-hydrogen) atoms. The van der Waals surface area contributed by atoms with Crippen LogP contribution in [0.5, 0.6) is 0 Å². The Kier molecular flexibility index (Phi) is 4.91. The lowest BCUT2D eigenvalue weighted by atomic mass is 9.97.